The van der Waals surface area contributed by atoms with Crippen LogP contribution in [-0.2, 0) is 13.1 Å². The van der Waals surface area contributed by atoms with Gasteiger partial charge in [0.25, 0.3) is 0 Å². The molecular formula is C21H24F2N4. The van der Waals surface area contributed by atoms with Crippen LogP contribution in [0.5, 0.6) is 0 Å². The summed E-state index contributed by atoms with van der Waals surface area (Å²) in [5, 5.41) is 0. The molecule has 0 spiro atoms. The Morgan fingerprint density at radius 3 is 2.56 bits per heavy atom. The van der Waals surface area contributed by atoms with Gasteiger partial charge in [0.2, 0.25) is 0 Å². The third-order valence-corrected chi connectivity index (χ3v) is 5.27. The number of rotatable bonds is 4. The summed E-state index contributed by atoms with van der Waals surface area (Å²) in [7, 11) is 0. The summed E-state index contributed by atoms with van der Waals surface area (Å²) in [4.78, 5) is 9.25. The minimum atomic E-state index is -0.265. The fourth-order valence-corrected chi connectivity index (χ4v) is 3.87. The Balaban J connectivity index is 1.50. The van der Waals surface area contributed by atoms with Gasteiger partial charge in [-0.3, -0.25) is 4.90 Å². The average Bonchev–Trinajstić information content (AvgIpc) is 2.86. The minimum Gasteiger partial charge on any atom is -0.370 e. The Morgan fingerprint density at radius 2 is 1.78 bits per heavy atom. The highest BCUT2D eigenvalue weighted by Gasteiger charge is 2.19. The highest BCUT2D eigenvalue weighted by atomic mass is 19.1. The fourth-order valence-electron chi connectivity index (χ4n) is 3.87. The molecule has 6 heteroatoms. The lowest BCUT2D eigenvalue weighted by Crippen LogP contribution is -2.31. The Kier molecular flexibility index (Phi) is 5.07. The molecule has 0 atom stereocenters. The van der Waals surface area contributed by atoms with E-state index < -0.39 is 0 Å². The van der Waals surface area contributed by atoms with Gasteiger partial charge in [0.1, 0.15) is 17.2 Å². The van der Waals surface area contributed by atoms with Gasteiger partial charge in [0.15, 0.2) is 5.82 Å². The van der Waals surface area contributed by atoms with Crippen LogP contribution in [0.2, 0.25) is 0 Å². The maximum atomic E-state index is 14.1. The van der Waals surface area contributed by atoms with Crippen LogP contribution in [0, 0.1) is 11.6 Å². The zero-order valence-corrected chi connectivity index (χ0v) is 15.5. The summed E-state index contributed by atoms with van der Waals surface area (Å²) < 4.78 is 29.4. The van der Waals surface area contributed by atoms with Gasteiger partial charge in [-0.05, 0) is 49.7 Å². The lowest BCUT2D eigenvalue weighted by Gasteiger charge is -2.23. The first-order valence-electron chi connectivity index (χ1n) is 9.52. The second-order valence-corrected chi connectivity index (χ2v) is 6.97. The highest BCUT2D eigenvalue weighted by molar-refractivity contribution is 5.76. The van der Waals surface area contributed by atoms with Crippen molar-refractivity contribution in [3.05, 3.63) is 59.9 Å². The summed E-state index contributed by atoms with van der Waals surface area (Å²) in [6.45, 7) is 7.23. The Hall–Kier alpha value is -2.47. The lowest BCUT2D eigenvalue weighted by molar-refractivity contribution is 0.274. The third kappa shape index (κ3) is 3.67. The molecule has 2 heterocycles. The van der Waals surface area contributed by atoms with Gasteiger partial charge in [-0.25, -0.2) is 13.8 Å². The first-order valence-corrected chi connectivity index (χ1v) is 9.52. The van der Waals surface area contributed by atoms with Crippen LogP contribution >= 0.6 is 0 Å². The van der Waals surface area contributed by atoms with Crippen molar-refractivity contribution < 1.29 is 8.78 Å². The van der Waals surface area contributed by atoms with E-state index in [1.54, 1.807) is 6.07 Å². The number of anilines is 1. The molecule has 142 valence electrons. The number of imidazole rings is 1. The van der Waals surface area contributed by atoms with Crippen molar-refractivity contribution in [3.63, 3.8) is 0 Å². The molecule has 2 aromatic carbocycles. The number of para-hydroxylation sites is 1. The monoisotopic (exact) mass is 370 g/mol. The molecule has 0 bridgehead atoms. The Bertz CT molecular complexity index is 920. The molecule has 0 radical (unpaired) electrons. The number of hydrogen-bond acceptors (Lipinski definition) is 3. The van der Waals surface area contributed by atoms with Crippen LogP contribution in [0.15, 0.2) is 42.5 Å². The van der Waals surface area contributed by atoms with Gasteiger partial charge >= 0.3 is 0 Å². The maximum absolute atomic E-state index is 14.1. The maximum Gasteiger partial charge on any atom is 0.151 e. The van der Waals surface area contributed by atoms with Gasteiger partial charge in [-0.15, -0.1) is 0 Å². The lowest BCUT2D eigenvalue weighted by atomic mass is 10.2. The number of hydrogen-bond donors (Lipinski definition) is 0. The molecule has 3 aromatic rings. The normalized spacial score (nSPS) is 16.0. The second kappa shape index (κ2) is 7.64. The van der Waals surface area contributed by atoms with Crippen molar-refractivity contribution in [1.29, 1.82) is 0 Å². The molecule has 4 nitrogen and oxygen atoms in total. The molecule has 1 saturated heterocycles. The number of fused-ring (bicyclic) bond motifs is 1. The number of benzene rings is 2. The molecule has 4 rings (SSSR count). The predicted octanol–water partition coefficient (Wildman–Crippen LogP) is 4.05. The molecular weight excluding hydrogens is 346 g/mol. The van der Waals surface area contributed by atoms with Gasteiger partial charge in [0, 0.05) is 38.4 Å². The standard InChI is InChI=1S/C21H24F2N4/c1-2-27-19-6-3-5-18(23)21(19)24-20(27)15-25-11-4-12-26(14-13-25)17-9-7-16(22)8-10-17/h3,5-10H,2,4,11-15H2,1H3. The summed E-state index contributed by atoms with van der Waals surface area (Å²) in [5.74, 6) is 0.438. The molecule has 0 unspecified atom stereocenters. The molecule has 1 fully saturated rings. The van der Waals surface area contributed by atoms with Crippen molar-refractivity contribution in [2.45, 2.75) is 26.4 Å². The third-order valence-electron chi connectivity index (χ3n) is 5.27. The van der Waals surface area contributed by atoms with Crippen molar-refractivity contribution in [2.24, 2.45) is 0 Å². The summed E-state index contributed by atoms with van der Waals surface area (Å²) in [6.07, 6.45) is 1.03. The minimum absolute atomic E-state index is 0.208. The van der Waals surface area contributed by atoms with Gasteiger partial charge in [-0.1, -0.05) is 6.07 Å². The quantitative estimate of drug-likeness (QED) is 0.693. The van der Waals surface area contributed by atoms with Gasteiger partial charge in [0.05, 0.1) is 12.1 Å². The molecule has 1 aliphatic heterocycles. The van der Waals surface area contributed by atoms with Crippen LogP contribution in [0.25, 0.3) is 11.0 Å². The van der Waals surface area contributed by atoms with E-state index in [1.807, 2.05) is 18.2 Å². The molecule has 0 aliphatic carbocycles. The molecule has 0 saturated carbocycles. The predicted molar refractivity (Wildman–Crippen MR) is 104 cm³/mol. The van der Waals surface area contributed by atoms with Crippen LogP contribution < -0.4 is 4.90 Å². The second-order valence-electron chi connectivity index (χ2n) is 6.97. The fraction of sp³-hybridized carbons (Fsp3) is 0.381. The van der Waals surface area contributed by atoms with E-state index in [9.17, 15) is 8.78 Å². The van der Waals surface area contributed by atoms with Crippen molar-refractivity contribution in [2.75, 3.05) is 31.1 Å². The molecule has 1 aliphatic rings. The van der Waals surface area contributed by atoms with E-state index in [0.717, 1.165) is 56.2 Å². The van der Waals surface area contributed by atoms with Gasteiger partial charge in [-0.2, -0.15) is 0 Å². The first-order chi connectivity index (χ1) is 13.2. The van der Waals surface area contributed by atoms with E-state index in [4.69, 9.17) is 0 Å². The van der Waals surface area contributed by atoms with E-state index in [1.165, 1.54) is 18.2 Å². The number of halogens is 2. The van der Waals surface area contributed by atoms with Crippen LogP contribution in [-0.4, -0.2) is 40.6 Å². The number of nitrogens with zero attached hydrogens (tertiary/aromatic N) is 4. The SMILES string of the molecule is CCn1c(CN2CCCN(c3ccc(F)cc3)CC2)nc2c(F)cccc21. The van der Waals surface area contributed by atoms with Crippen LogP contribution in [0.1, 0.15) is 19.2 Å². The molecule has 0 amide bonds. The van der Waals surface area contributed by atoms with Crippen LogP contribution in [0.3, 0.4) is 0 Å². The zero-order chi connectivity index (χ0) is 18.8. The topological polar surface area (TPSA) is 24.3 Å². The number of aromatic nitrogens is 2. The molecule has 0 N–H and O–H groups in total. The largest absolute Gasteiger partial charge is 0.370 e. The Labute approximate surface area is 158 Å². The first kappa shape index (κ1) is 17.9. The summed E-state index contributed by atoms with van der Waals surface area (Å²) in [6, 6.07) is 11.8. The smallest absolute Gasteiger partial charge is 0.151 e. The molecule has 27 heavy (non-hydrogen) atoms. The van der Waals surface area contributed by atoms with Crippen LogP contribution in [0.4, 0.5) is 14.5 Å². The summed E-state index contributed by atoms with van der Waals surface area (Å²) in [5.41, 5.74) is 2.37. The van der Waals surface area contributed by atoms with E-state index >= 15 is 0 Å². The van der Waals surface area contributed by atoms with E-state index in [0.29, 0.717) is 12.1 Å². The highest BCUT2D eigenvalue weighted by Crippen LogP contribution is 2.22. The summed E-state index contributed by atoms with van der Waals surface area (Å²) >= 11 is 0. The van der Waals surface area contributed by atoms with Crippen molar-refractivity contribution in [1.82, 2.24) is 14.5 Å². The average molecular weight is 370 g/mol. The van der Waals surface area contributed by atoms with E-state index in [2.05, 4.69) is 26.3 Å². The van der Waals surface area contributed by atoms with Crippen molar-refractivity contribution >= 4 is 16.7 Å². The van der Waals surface area contributed by atoms with Gasteiger partial charge < -0.3 is 9.47 Å². The number of aryl methyl sites for hydroxylation is 1. The zero-order valence-electron chi connectivity index (χ0n) is 15.5. The Morgan fingerprint density at radius 1 is 0.963 bits per heavy atom. The van der Waals surface area contributed by atoms with Crippen molar-refractivity contribution in [3.8, 4) is 0 Å². The molecule has 1 aromatic heterocycles. The van der Waals surface area contributed by atoms with E-state index in [-0.39, 0.29) is 11.6 Å².